The standard InChI is InChI=1S/C9H11ClN2O3S/c10-7-3-2-6(16-7)8(13)15-5-1-4-12-9(11)14/h2-3H,1,4-5H2,(H3,11,12,14). The maximum absolute atomic E-state index is 11.4. The summed E-state index contributed by atoms with van der Waals surface area (Å²) in [7, 11) is 0. The zero-order valence-corrected chi connectivity index (χ0v) is 9.94. The summed E-state index contributed by atoms with van der Waals surface area (Å²) in [5.74, 6) is -0.407. The lowest BCUT2D eigenvalue weighted by atomic mass is 10.4. The Morgan fingerprint density at radius 3 is 2.81 bits per heavy atom. The Hall–Kier alpha value is -1.27. The number of hydrogen-bond donors (Lipinski definition) is 2. The molecular weight excluding hydrogens is 252 g/mol. The molecule has 88 valence electrons. The largest absolute Gasteiger partial charge is 0.461 e. The smallest absolute Gasteiger partial charge is 0.348 e. The van der Waals surface area contributed by atoms with Crippen molar-refractivity contribution in [1.29, 1.82) is 0 Å². The van der Waals surface area contributed by atoms with E-state index in [1.165, 1.54) is 11.3 Å². The number of nitrogens with one attached hydrogen (secondary N) is 1. The minimum absolute atomic E-state index is 0.231. The molecule has 2 amide bonds. The second-order valence-corrected chi connectivity index (χ2v) is 4.60. The molecule has 1 heterocycles. The first-order valence-electron chi connectivity index (χ1n) is 4.55. The number of thiophene rings is 1. The predicted molar refractivity (Wildman–Crippen MR) is 61.8 cm³/mol. The van der Waals surface area contributed by atoms with E-state index in [1.807, 2.05) is 0 Å². The highest BCUT2D eigenvalue weighted by Gasteiger charge is 2.09. The maximum atomic E-state index is 11.4. The molecule has 0 aromatic carbocycles. The molecule has 0 aliphatic heterocycles. The molecule has 1 aromatic rings. The van der Waals surface area contributed by atoms with Crippen LogP contribution < -0.4 is 11.1 Å². The second kappa shape index (κ2) is 6.34. The van der Waals surface area contributed by atoms with Gasteiger partial charge in [-0.05, 0) is 18.6 Å². The summed E-state index contributed by atoms with van der Waals surface area (Å²) in [6.45, 7) is 0.614. The van der Waals surface area contributed by atoms with Crippen LogP contribution in [-0.4, -0.2) is 25.2 Å². The number of esters is 1. The maximum Gasteiger partial charge on any atom is 0.348 e. The molecule has 0 aliphatic rings. The molecule has 16 heavy (non-hydrogen) atoms. The van der Waals surface area contributed by atoms with Crippen molar-refractivity contribution in [1.82, 2.24) is 5.32 Å². The van der Waals surface area contributed by atoms with Crippen LogP contribution in [0.2, 0.25) is 4.34 Å². The summed E-state index contributed by atoms with van der Waals surface area (Å²) < 4.78 is 5.49. The average Bonchev–Trinajstić information content (AvgIpc) is 2.63. The zero-order chi connectivity index (χ0) is 12.0. The molecular formula is C9H11ClN2O3S. The second-order valence-electron chi connectivity index (χ2n) is 2.88. The predicted octanol–water partition coefficient (Wildman–Crippen LogP) is 1.62. The quantitative estimate of drug-likeness (QED) is 0.625. The Morgan fingerprint density at radius 2 is 2.25 bits per heavy atom. The van der Waals surface area contributed by atoms with Gasteiger partial charge in [-0.1, -0.05) is 11.6 Å². The number of primary amides is 1. The Morgan fingerprint density at radius 1 is 1.50 bits per heavy atom. The van der Waals surface area contributed by atoms with E-state index in [0.717, 1.165) is 0 Å². The molecule has 5 nitrogen and oxygen atoms in total. The van der Waals surface area contributed by atoms with Crippen LogP contribution in [0.4, 0.5) is 4.79 Å². The van der Waals surface area contributed by atoms with Gasteiger partial charge in [0.05, 0.1) is 10.9 Å². The van der Waals surface area contributed by atoms with E-state index in [2.05, 4.69) is 5.32 Å². The van der Waals surface area contributed by atoms with Crippen molar-refractivity contribution in [2.75, 3.05) is 13.2 Å². The number of halogens is 1. The Labute approximate surface area is 102 Å². The van der Waals surface area contributed by atoms with Crippen LogP contribution in [0.5, 0.6) is 0 Å². The van der Waals surface area contributed by atoms with E-state index >= 15 is 0 Å². The lowest BCUT2D eigenvalue weighted by Gasteiger charge is -2.03. The summed E-state index contributed by atoms with van der Waals surface area (Å²) in [5.41, 5.74) is 4.86. The van der Waals surface area contributed by atoms with Gasteiger partial charge in [-0.25, -0.2) is 9.59 Å². The van der Waals surface area contributed by atoms with Gasteiger partial charge in [-0.2, -0.15) is 0 Å². The van der Waals surface area contributed by atoms with Crippen LogP contribution in [0.25, 0.3) is 0 Å². The van der Waals surface area contributed by atoms with Gasteiger partial charge >= 0.3 is 12.0 Å². The number of nitrogens with two attached hydrogens (primary N) is 1. The average molecular weight is 263 g/mol. The van der Waals surface area contributed by atoms with Crippen molar-refractivity contribution in [3.05, 3.63) is 21.3 Å². The monoisotopic (exact) mass is 262 g/mol. The molecule has 3 N–H and O–H groups in total. The van der Waals surface area contributed by atoms with E-state index in [-0.39, 0.29) is 6.61 Å². The molecule has 1 aromatic heterocycles. The van der Waals surface area contributed by atoms with Crippen molar-refractivity contribution in [3.8, 4) is 0 Å². The van der Waals surface area contributed by atoms with E-state index < -0.39 is 12.0 Å². The summed E-state index contributed by atoms with van der Waals surface area (Å²) in [4.78, 5) is 22.1. The van der Waals surface area contributed by atoms with Crippen LogP contribution >= 0.6 is 22.9 Å². The topological polar surface area (TPSA) is 81.4 Å². The molecule has 0 saturated heterocycles. The third-order valence-corrected chi connectivity index (χ3v) is 2.84. The zero-order valence-electron chi connectivity index (χ0n) is 8.36. The molecule has 0 atom stereocenters. The first-order valence-corrected chi connectivity index (χ1v) is 5.75. The molecule has 0 spiro atoms. The van der Waals surface area contributed by atoms with Gasteiger partial charge in [0.1, 0.15) is 4.88 Å². The van der Waals surface area contributed by atoms with Gasteiger partial charge in [-0.3, -0.25) is 0 Å². The Kier molecular flexibility index (Phi) is 5.07. The minimum atomic E-state index is -0.587. The van der Waals surface area contributed by atoms with Crippen molar-refractivity contribution in [3.63, 3.8) is 0 Å². The van der Waals surface area contributed by atoms with Crippen molar-refractivity contribution < 1.29 is 14.3 Å². The third-order valence-electron chi connectivity index (χ3n) is 1.63. The van der Waals surface area contributed by atoms with Crippen LogP contribution in [0, 0.1) is 0 Å². The highest BCUT2D eigenvalue weighted by atomic mass is 35.5. The molecule has 0 aliphatic carbocycles. The highest BCUT2D eigenvalue weighted by molar-refractivity contribution is 7.17. The van der Waals surface area contributed by atoms with E-state index in [0.29, 0.717) is 22.2 Å². The van der Waals surface area contributed by atoms with Gasteiger partial charge in [0, 0.05) is 6.54 Å². The fraction of sp³-hybridized carbons (Fsp3) is 0.333. The normalized spacial score (nSPS) is 9.81. The first kappa shape index (κ1) is 12.8. The molecule has 0 unspecified atom stereocenters. The van der Waals surface area contributed by atoms with E-state index in [9.17, 15) is 9.59 Å². The fourth-order valence-electron chi connectivity index (χ4n) is 0.944. The van der Waals surface area contributed by atoms with Gasteiger partial charge in [-0.15, -0.1) is 11.3 Å². The molecule has 0 saturated carbocycles. The summed E-state index contributed by atoms with van der Waals surface area (Å²) in [6, 6.07) is 2.66. The lowest BCUT2D eigenvalue weighted by Crippen LogP contribution is -2.30. The van der Waals surface area contributed by atoms with Crippen molar-refractivity contribution in [2.45, 2.75) is 6.42 Å². The highest BCUT2D eigenvalue weighted by Crippen LogP contribution is 2.21. The number of carbonyl (C=O) groups excluding carboxylic acids is 2. The first-order chi connectivity index (χ1) is 7.59. The molecule has 0 bridgehead atoms. The van der Waals surface area contributed by atoms with Crippen molar-refractivity contribution >= 4 is 34.9 Å². The number of urea groups is 1. The van der Waals surface area contributed by atoms with Gasteiger partial charge in [0.2, 0.25) is 0 Å². The SMILES string of the molecule is NC(=O)NCCCOC(=O)c1ccc(Cl)s1. The van der Waals surface area contributed by atoms with Gasteiger partial charge in [0.15, 0.2) is 0 Å². The molecule has 0 radical (unpaired) electrons. The summed E-state index contributed by atoms with van der Waals surface area (Å²) in [6.07, 6.45) is 0.522. The Balaban J connectivity index is 2.18. The fourth-order valence-corrected chi connectivity index (χ4v) is 1.88. The molecule has 1 rings (SSSR count). The van der Waals surface area contributed by atoms with Crippen LogP contribution in [0.15, 0.2) is 12.1 Å². The Bertz CT molecular complexity index is 381. The van der Waals surface area contributed by atoms with Crippen LogP contribution in [-0.2, 0) is 4.74 Å². The number of hydrogen-bond acceptors (Lipinski definition) is 4. The summed E-state index contributed by atoms with van der Waals surface area (Å²) in [5, 5.41) is 2.39. The number of ether oxygens (including phenoxy) is 1. The minimum Gasteiger partial charge on any atom is -0.461 e. The molecule has 7 heteroatoms. The van der Waals surface area contributed by atoms with E-state index in [4.69, 9.17) is 22.1 Å². The lowest BCUT2D eigenvalue weighted by molar-refractivity contribution is 0.0507. The summed E-state index contributed by atoms with van der Waals surface area (Å²) >= 11 is 6.84. The number of amides is 2. The number of carbonyl (C=O) groups is 2. The van der Waals surface area contributed by atoms with E-state index in [1.54, 1.807) is 12.1 Å². The van der Waals surface area contributed by atoms with Crippen LogP contribution in [0.1, 0.15) is 16.1 Å². The number of rotatable bonds is 5. The third kappa shape index (κ3) is 4.50. The van der Waals surface area contributed by atoms with Gasteiger partial charge < -0.3 is 15.8 Å². The van der Waals surface area contributed by atoms with Crippen LogP contribution in [0.3, 0.4) is 0 Å². The molecule has 0 fully saturated rings. The van der Waals surface area contributed by atoms with Crippen molar-refractivity contribution in [2.24, 2.45) is 5.73 Å². The van der Waals surface area contributed by atoms with Gasteiger partial charge in [0.25, 0.3) is 0 Å².